The molecule has 102 valence electrons. The summed E-state index contributed by atoms with van der Waals surface area (Å²) in [5.74, 6) is 1.25. The van der Waals surface area contributed by atoms with Crippen LogP contribution in [-0.4, -0.2) is 25.9 Å². The van der Waals surface area contributed by atoms with Crippen molar-refractivity contribution in [1.29, 1.82) is 0 Å². The van der Waals surface area contributed by atoms with Gasteiger partial charge in [-0.3, -0.25) is 4.90 Å². The third kappa shape index (κ3) is 2.57. The molecule has 1 atom stereocenters. The number of hydrogen-bond donors (Lipinski definition) is 1. The first-order valence-corrected chi connectivity index (χ1v) is 7.73. The zero-order valence-corrected chi connectivity index (χ0v) is 12.4. The lowest BCUT2D eigenvalue weighted by atomic mass is 10.0. The molecule has 0 spiro atoms. The molecule has 3 nitrogen and oxygen atoms in total. The van der Waals surface area contributed by atoms with Crippen molar-refractivity contribution in [2.45, 2.75) is 12.1 Å². The summed E-state index contributed by atoms with van der Waals surface area (Å²) in [6.45, 7) is 0. The number of thioether (sulfide) groups is 1. The third-order valence-corrected chi connectivity index (χ3v) is 4.81. The molecule has 1 aliphatic rings. The van der Waals surface area contributed by atoms with Crippen LogP contribution in [0, 0.1) is 0 Å². The van der Waals surface area contributed by atoms with Gasteiger partial charge in [-0.15, -0.1) is 0 Å². The van der Waals surface area contributed by atoms with Gasteiger partial charge in [-0.25, -0.2) is 4.98 Å². The fraction of sp³-hybridized carbons (Fsp3) is 0.200. The number of benzene rings is 1. The third-order valence-electron chi connectivity index (χ3n) is 3.23. The Morgan fingerprint density at radius 2 is 1.95 bits per heavy atom. The molecule has 1 aromatic heterocycles. The van der Waals surface area contributed by atoms with E-state index in [2.05, 4.69) is 4.98 Å². The quantitative estimate of drug-likeness (QED) is 0.882. The molecule has 0 aliphatic carbocycles. The topological polar surface area (TPSA) is 36.4 Å². The van der Waals surface area contributed by atoms with E-state index < -0.39 is 5.72 Å². The molecule has 2 heterocycles. The average molecular weight is 302 g/mol. The number of thiocarbonyl (C=S) groups is 1. The van der Waals surface area contributed by atoms with Gasteiger partial charge in [0.2, 0.25) is 0 Å². The Morgan fingerprint density at radius 3 is 2.65 bits per heavy atom. The molecular weight excluding hydrogens is 288 g/mol. The van der Waals surface area contributed by atoms with E-state index >= 15 is 0 Å². The minimum Gasteiger partial charge on any atom is -0.369 e. The second kappa shape index (κ2) is 5.52. The molecule has 5 heteroatoms. The predicted octanol–water partition coefficient (Wildman–Crippen LogP) is 2.85. The van der Waals surface area contributed by atoms with Crippen molar-refractivity contribution in [1.82, 2.24) is 4.98 Å². The maximum Gasteiger partial charge on any atom is 0.158 e. The highest BCUT2D eigenvalue weighted by Crippen LogP contribution is 2.37. The van der Waals surface area contributed by atoms with Crippen LogP contribution in [0.3, 0.4) is 0 Å². The normalized spacial score (nSPS) is 22.2. The summed E-state index contributed by atoms with van der Waals surface area (Å²) >= 11 is 6.87. The van der Waals surface area contributed by atoms with E-state index in [4.69, 9.17) is 12.2 Å². The molecular formula is C15H14N2OS2. The van der Waals surface area contributed by atoms with Gasteiger partial charge in [0.05, 0.1) is 0 Å². The number of aliphatic hydroxyl groups is 1. The van der Waals surface area contributed by atoms with Crippen molar-refractivity contribution in [3.8, 4) is 0 Å². The minimum absolute atomic E-state index is 0.525. The summed E-state index contributed by atoms with van der Waals surface area (Å²) in [5, 5.41) is 11.0. The smallest absolute Gasteiger partial charge is 0.158 e. The number of aromatic nitrogens is 1. The predicted molar refractivity (Wildman–Crippen MR) is 86.9 cm³/mol. The summed E-state index contributed by atoms with van der Waals surface area (Å²) in [5.41, 5.74) is 0.0681. The molecule has 1 saturated heterocycles. The van der Waals surface area contributed by atoms with Gasteiger partial charge in [-0.05, 0) is 17.7 Å². The number of pyridine rings is 1. The first-order chi connectivity index (χ1) is 9.69. The van der Waals surface area contributed by atoms with Crippen LogP contribution in [0.25, 0.3) is 0 Å². The Labute approximate surface area is 127 Å². The monoisotopic (exact) mass is 302 g/mol. The molecule has 1 N–H and O–H groups in total. The van der Waals surface area contributed by atoms with Gasteiger partial charge in [0.1, 0.15) is 10.1 Å². The first kappa shape index (κ1) is 13.5. The molecule has 2 aromatic rings. The fourth-order valence-electron chi connectivity index (χ4n) is 2.32. The highest BCUT2D eigenvalue weighted by atomic mass is 32.2. The van der Waals surface area contributed by atoms with Crippen LogP contribution < -0.4 is 4.90 Å². The van der Waals surface area contributed by atoms with Gasteiger partial charge < -0.3 is 5.11 Å². The van der Waals surface area contributed by atoms with E-state index in [0.717, 1.165) is 5.56 Å². The van der Waals surface area contributed by atoms with Crippen LogP contribution in [0.5, 0.6) is 0 Å². The number of rotatable bonds is 3. The minimum atomic E-state index is -1.02. The lowest BCUT2D eigenvalue weighted by Gasteiger charge is -2.33. The zero-order chi connectivity index (χ0) is 14.0. The van der Waals surface area contributed by atoms with E-state index in [1.54, 1.807) is 11.1 Å². The maximum absolute atomic E-state index is 11.0. The van der Waals surface area contributed by atoms with Crippen molar-refractivity contribution in [3.63, 3.8) is 0 Å². The maximum atomic E-state index is 11.0. The summed E-state index contributed by atoms with van der Waals surface area (Å²) in [7, 11) is 0. The van der Waals surface area contributed by atoms with Crippen LogP contribution in [0.1, 0.15) is 5.56 Å². The molecule has 0 bridgehead atoms. The molecule has 20 heavy (non-hydrogen) atoms. The van der Waals surface area contributed by atoms with E-state index in [1.165, 1.54) is 11.8 Å². The highest BCUT2D eigenvalue weighted by Gasteiger charge is 2.44. The van der Waals surface area contributed by atoms with Gasteiger partial charge in [-0.2, -0.15) is 0 Å². The molecule has 1 aliphatic heterocycles. The van der Waals surface area contributed by atoms with Gasteiger partial charge in [0.15, 0.2) is 5.72 Å². The summed E-state index contributed by atoms with van der Waals surface area (Å²) < 4.78 is 0.669. The van der Waals surface area contributed by atoms with Gasteiger partial charge in [0, 0.05) is 18.4 Å². The lowest BCUT2D eigenvalue weighted by molar-refractivity contribution is 0.0790. The largest absolute Gasteiger partial charge is 0.369 e. The van der Waals surface area contributed by atoms with E-state index in [9.17, 15) is 5.11 Å². The molecule has 1 aromatic carbocycles. The average Bonchev–Trinajstić information content (AvgIpc) is 2.76. The highest BCUT2D eigenvalue weighted by molar-refractivity contribution is 8.23. The van der Waals surface area contributed by atoms with Crippen LogP contribution in [0.15, 0.2) is 54.7 Å². The number of nitrogens with zero attached hydrogens (tertiary/aromatic N) is 2. The van der Waals surface area contributed by atoms with Crippen LogP contribution in [-0.2, 0) is 6.42 Å². The molecule has 3 rings (SSSR count). The summed E-state index contributed by atoms with van der Waals surface area (Å²) in [4.78, 5) is 6.08. The van der Waals surface area contributed by atoms with Crippen molar-refractivity contribution in [3.05, 3.63) is 60.3 Å². The molecule has 0 radical (unpaired) electrons. The molecule has 0 amide bonds. The number of anilines is 1. The first-order valence-electron chi connectivity index (χ1n) is 6.33. The van der Waals surface area contributed by atoms with Crippen LogP contribution in [0.2, 0.25) is 0 Å². The summed E-state index contributed by atoms with van der Waals surface area (Å²) in [6.07, 6.45) is 2.24. The van der Waals surface area contributed by atoms with E-state index in [0.29, 0.717) is 22.3 Å². The van der Waals surface area contributed by atoms with Gasteiger partial charge in [0.25, 0.3) is 0 Å². The standard InChI is InChI=1S/C15H14N2OS2/c18-15(10-12-6-2-1-3-7-12)11-20-14(19)17(15)13-8-4-5-9-16-13/h1-9,18H,10-11H2. The molecule has 1 unspecified atom stereocenters. The number of hydrogen-bond acceptors (Lipinski definition) is 4. The Balaban J connectivity index is 1.93. The Kier molecular flexibility index (Phi) is 3.74. The van der Waals surface area contributed by atoms with Crippen molar-refractivity contribution < 1.29 is 5.11 Å². The Bertz CT molecular complexity index is 606. The SMILES string of the molecule is OC1(Cc2ccccc2)CSC(=S)N1c1ccccn1. The summed E-state index contributed by atoms with van der Waals surface area (Å²) in [6, 6.07) is 15.6. The second-order valence-corrected chi connectivity index (χ2v) is 6.33. The van der Waals surface area contributed by atoms with E-state index in [-0.39, 0.29) is 0 Å². The molecule has 1 fully saturated rings. The Morgan fingerprint density at radius 1 is 1.20 bits per heavy atom. The van der Waals surface area contributed by atoms with Gasteiger partial charge in [-0.1, -0.05) is 60.4 Å². The Hall–Kier alpha value is -1.43. The molecule has 0 saturated carbocycles. The van der Waals surface area contributed by atoms with Crippen molar-refractivity contribution >= 4 is 34.1 Å². The van der Waals surface area contributed by atoms with Crippen LogP contribution >= 0.6 is 24.0 Å². The fourth-order valence-corrected chi connectivity index (χ4v) is 3.74. The van der Waals surface area contributed by atoms with Crippen LogP contribution in [0.4, 0.5) is 5.82 Å². The lowest BCUT2D eigenvalue weighted by Crippen LogP contribution is -2.49. The van der Waals surface area contributed by atoms with Crippen molar-refractivity contribution in [2.24, 2.45) is 0 Å². The van der Waals surface area contributed by atoms with Gasteiger partial charge >= 0.3 is 0 Å². The van der Waals surface area contributed by atoms with Crippen molar-refractivity contribution in [2.75, 3.05) is 10.7 Å². The zero-order valence-electron chi connectivity index (χ0n) is 10.8. The second-order valence-electron chi connectivity index (χ2n) is 4.72. The van der Waals surface area contributed by atoms with E-state index in [1.807, 2.05) is 48.5 Å².